The van der Waals surface area contributed by atoms with Crippen molar-refractivity contribution in [2.45, 2.75) is 0 Å². The van der Waals surface area contributed by atoms with Crippen molar-refractivity contribution in [3.63, 3.8) is 0 Å². The number of halogens is 1. The van der Waals surface area contributed by atoms with Gasteiger partial charge in [0.05, 0.1) is 17.6 Å². The summed E-state index contributed by atoms with van der Waals surface area (Å²) in [6.07, 6.45) is 0. The van der Waals surface area contributed by atoms with Crippen LogP contribution in [0.1, 0.15) is 0 Å². The van der Waals surface area contributed by atoms with Crippen molar-refractivity contribution in [3.05, 3.63) is 41.5 Å². The van der Waals surface area contributed by atoms with Crippen molar-refractivity contribution in [2.24, 2.45) is 0 Å². The number of nitrogen functional groups attached to an aromatic ring is 1. The number of nitrogens with zero attached hydrogens (tertiary/aromatic N) is 1. The van der Waals surface area contributed by atoms with E-state index in [0.29, 0.717) is 16.8 Å². The highest BCUT2D eigenvalue weighted by Gasteiger charge is 2.19. The lowest BCUT2D eigenvalue weighted by molar-refractivity contribution is 0.416. The summed E-state index contributed by atoms with van der Waals surface area (Å²) < 4.78 is 23.6. The van der Waals surface area contributed by atoms with Gasteiger partial charge in [0, 0.05) is 11.4 Å². The van der Waals surface area contributed by atoms with Crippen molar-refractivity contribution < 1.29 is 13.7 Å². The zero-order chi connectivity index (χ0) is 14.1. The molecule has 0 aliphatic rings. The molecule has 0 unspecified atom stereocenters. The standard InChI is InChI=1S/C14H11FN2O2S/c1-18-10-6-11(20-7-10)13-12(14(16)19-17-13)8-3-2-4-9(15)5-8/h2-7H,16H2,1H3. The summed E-state index contributed by atoms with van der Waals surface area (Å²) in [4.78, 5) is 0.849. The molecule has 0 spiro atoms. The highest BCUT2D eigenvalue weighted by Crippen LogP contribution is 2.40. The third-order valence-electron chi connectivity index (χ3n) is 2.88. The minimum absolute atomic E-state index is 0.165. The molecule has 0 bridgehead atoms. The number of rotatable bonds is 3. The maximum atomic E-state index is 13.4. The number of methoxy groups -OCH3 is 1. The van der Waals surface area contributed by atoms with Crippen LogP contribution in [0.5, 0.6) is 5.75 Å². The summed E-state index contributed by atoms with van der Waals surface area (Å²) >= 11 is 1.46. The number of hydrogen-bond acceptors (Lipinski definition) is 5. The summed E-state index contributed by atoms with van der Waals surface area (Å²) in [5.74, 6) is 0.563. The van der Waals surface area contributed by atoms with Crippen molar-refractivity contribution in [1.29, 1.82) is 0 Å². The van der Waals surface area contributed by atoms with Crippen LogP contribution in [-0.2, 0) is 0 Å². The second-order valence-corrected chi connectivity index (χ2v) is 5.04. The summed E-state index contributed by atoms with van der Waals surface area (Å²) in [7, 11) is 1.59. The molecule has 0 atom stereocenters. The quantitative estimate of drug-likeness (QED) is 0.797. The number of anilines is 1. The first-order valence-corrected chi connectivity index (χ1v) is 6.71. The number of ether oxygens (including phenoxy) is 1. The largest absolute Gasteiger partial charge is 0.496 e. The van der Waals surface area contributed by atoms with E-state index in [9.17, 15) is 4.39 Å². The molecule has 0 amide bonds. The van der Waals surface area contributed by atoms with E-state index in [0.717, 1.165) is 10.6 Å². The van der Waals surface area contributed by atoms with Gasteiger partial charge in [-0.2, -0.15) is 0 Å². The van der Waals surface area contributed by atoms with E-state index >= 15 is 0 Å². The molecule has 0 fully saturated rings. The molecule has 3 aromatic rings. The number of thiophene rings is 1. The summed E-state index contributed by atoms with van der Waals surface area (Å²) in [6, 6.07) is 8.00. The van der Waals surface area contributed by atoms with Crippen molar-refractivity contribution in [1.82, 2.24) is 5.16 Å². The van der Waals surface area contributed by atoms with Gasteiger partial charge in [0.2, 0.25) is 5.88 Å². The fourth-order valence-corrected chi connectivity index (χ4v) is 2.79. The Kier molecular flexibility index (Phi) is 3.15. The van der Waals surface area contributed by atoms with Gasteiger partial charge in [-0.15, -0.1) is 11.3 Å². The van der Waals surface area contributed by atoms with Gasteiger partial charge in [0.1, 0.15) is 17.3 Å². The Hall–Kier alpha value is -2.34. The topological polar surface area (TPSA) is 61.3 Å². The fourth-order valence-electron chi connectivity index (χ4n) is 1.94. The highest BCUT2D eigenvalue weighted by molar-refractivity contribution is 7.13. The SMILES string of the molecule is COc1csc(-c2noc(N)c2-c2cccc(F)c2)c1. The average Bonchev–Trinajstić information content (AvgIpc) is 3.04. The first kappa shape index (κ1) is 12.7. The predicted molar refractivity (Wildman–Crippen MR) is 76.2 cm³/mol. The molecule has 2 N–H and O–H groups in total. The lowest BCUT2D eigenvalue weighted by Crippen LogP contribution is -1.87. The maximum Gasteiger partial charge on any atom is 0.230 e. The van der Waals surface area contributed by atoms with Crippen molar-refractivity contribution in [2.75, 3.05) is 12.8 Å². The lowest BCUT2D eigenvalue weighted by Gasteiger charge is -2.01. The van der Waals surface area contributed by atoms with Crippen molar-refractivity contribution >= 4 is 17.2 Å². The van der Waals surface area contributed by atoms with Crippen LogP contribution >= 0.6 is 11.3 Å². The van der Waals surface area contributed by atoms with E-state index in [4.69, 9.17) is 15.0 Å². The summed E-state index contributed by atoms with van der Waals surface area (Å²) in [5.41, 5.74) is 7.63. The molecular formula is C14H11FN2O2S. The minimum Gasteiger partial charge on any atom is -0.496 e. The number of aromatic nitrogens is 1. The van der Waals surface area contributed by atoms with Crippen LogP contribution in [0.15, 0.2) is 40.2 Å². The second-order valence-electron chi connectivity index (χ2n) is 4.13. The smallest absolute Gasteiger partial charge is 0.230 e. The third-order valence-corrected chi connectivity index (χ3v) is 3.79. The Morgan fingerprint density at radius 1 is 1.35 bits per heavy atom. The number of nitrogens with two attached hydrogens (primary N) is 1. The van der Waals surface area contributed by atoms with Gasteiger partial charge in [-0.05, 0) is 17.7 Å². The molecule has 102 valence electrons. The second kappa shape index (κ2) is 4.97. The monoisotopic (exact) mass is 290 g/mol. The van der Waals surface area contributed by atoms with Gasteiger partial charge in [0.15, 0.2) is 0 Å². The van der Waals surface area contributed by atoms with Crippen LogP contribution in [0, 0.1) is 5.82 Å². The van der Waals surface area contributed by atoms with E-state index in [1.165, 1.54) is 23.5 Å². The van der Waals surface area contributed by atoms with E-state index in [1.807, 2.05) is 11.4 Å². The summed E-state index contributed by atoms with van der Waals surface area (Å²) in [5, 5.41) is 5.83. The minimum atomic E-state index is -0.335. The maximum absolute atomic E-state index is 13.4. The van der Waals surface area contributed by atoms with Gasteiger partial charge in [-0.3, -0.25) is 0 Å². The fraction of sp³-hybridized carbons (Fsp3) is 0.0714. The Balaban J connectivity index is 2.14. The van der Waals surface area contributed by atoms with Gasteiger partial charge in [0.25, 0.3) is 0 Å². The molecule has 3 rings (SSSR count). The normalized spacial score (nSPS) is 10.7. The van der Waals surface area contributed by atoms with Crippen LogP contribution in [0.2, 0.25) is 0 Å². The van der Waals surface area contributed by atoms with E-state index in [1.54, 1.807) is 19.2 Å². The molecule has 20 heavy (non-hydrogen) atoms. The molecule has 4 nitrogen and oxygen atoms in total. The van der Waals surface area contributed by atoms with E-state index in [2.05, 4.69) is 5.16 Å². The Morgan fingerprint density at radius 3 is 2.90 bits per heavy atom. The first-order chi connectivity index (χ1) is 9.69. The van der Waals surface area contributed by atoms with Crippen LogP contribution < -0.4 is 10.5 Å². The molecular weight excluding hydrogens is 279 g/mol. The molecule has 0 saturated heterocycles. The summed E-state index contributed by atoms with van der Waals surface area (Å²) in [6.45, 7) is 0. The molecule has 2 aromatic heterocycles. The van der Waals surface area contributed by atoms with Crippen LogP contribution in [0.25, 0.3) is 21.7 Å². The van der Waals surface area contributed by atoms with Gasteiger partial charge in [-0.1, -0.05) is 17.3 Å². The third kappa shape index (κ3) is 2.14. The molecule has 1 aromatic carbocycles. The molecule has 6 heteroatoms. The zero-order valence-electron chi connectivity index (χ0n) is 10.6. The van der Waals surface area contributed by atoms with Crippen LogP contribution in [0.4, 0.5) is 10.3 Å². The van der Waals surface area contributed by atoms with E-state index in [-0.39, 0.29) is 11.7 Å². The van der Waals surface area contributed by atoms with Gasteiger partial charge < -0.3 is 15.0 Å². The number of hydrogen-bond donors (Lipinski definition) is 1. The molecule has 0 aliphatic carbocycles. The lowest BCUT2D eigenvalue weighted by atomic mass is 10.0. The van der Waals surface area contributed by atoms with Crippen LogP contribution in [0.3, 0.4) is 0 Å². The Labute approximate surface area is 118 Å². The molecule has 0 saturated carbocycles. The first-order valence-electron chi connectivity index (χ1n) is 5.83. The van der Waals surface area contributed by atoms with E-state index < -0.39 is 0 Å². The Morgan fingerprint density at radius 2 is 2.20 bits per heavy atom. The predicted octanol–water partition coefficient (Wildman–Crippen LogP) is 3.80. The average molecular weight is 290 g/mol. The van der Waals surface area contributed by atoms with Crippen molar-refractivity contribution in [3.8, 4) is 27.4 Å². The molecule has 0 aliphatic heterocycles. The molecule has 0 radical (unpaired) electrons. The highest BCUT2D eigenvalue weighted by atomic mass is 32.1. The Bertz CT molecular complexity index is 751. The van der Waals surface area contributed by atoms with Gasteiger partial charge >= 0.3 is 0 Å². The van der Waals surface area contributed by atoms with Crippen LogP contribution in [-0.4, -0.2) is 12.3 Å². The number of benzene rings is 1. The zero-order valence-corrected chi connectivity index (χ0v) is 11.4. The molecule has 2 heterocycles. The van der Waals surface area contributed by atoms with Gasteiger partial charge in [-0.25, -0.2) is 4.39 Å².